The minimum atomic E-state index is 0.726. The van der Waals surface area contributed by atoms with E-state index in [1.165, 1.54) is 35.6 Å². The van der Waals surface area contributed by atoms with Gasteiger partial charge < -0.3 is 0 Å². The molecule has 1 fully saturated rings. The van der Waals surface area contributed by atoms with Crippen molar-refractivity contribution in [3.63, 3.8) is 0 Å². The predicted octanol–water partition coefficient (Wildman–Crippen LogP) is 4.87. The van der Waals surface area contributed by atoms with Gasteiger partial charge in [-0.1, -0.05) is 58.4 Å². The fourth-order valence-corrected chi connectivity index (χ4v) is 3.41. The molecule has 0 saturated heterocycles. The smallest absolute Gasteiger partial charge is 0.0151 e. The van der Waals surface area contributed by atoms with Crippen molar-refractivity contribution in [2.75, 3.05) is 0 Å². The largest absolute Gasteiger partial charge is 0.0890 e. The maximum absolute atomic E-state index is 3.73. The van der Waals surface area contributed by atoms with Gasteiger partial charge in [0.05, 0.1) is 0 Å². The van der Waals surface area contributed by atoms with Crippen LogP contribution in [0.2, 0.25) is 0 Å². The first kappa shape index (κ1) is 10.3. The van der Waals surface area contributed by atoms with Crippen LogP contribution in [0, 0.1) is 0 Å². The van der Waals surface area contributed by atoms with Crippen molar-refractivity contribution in [1.29, 1.82) is 0 Å². The molecule has 0 amide bonds. The van der Waals surface area contributed by atoms with Crippen LogP contribution in [0.5, 0.6) is 0 Å². The lowest BCUT2D eigenvalue weighted by molar-refractivity contribution is 0.727. The zero-order chi connectivity index (χ0) is 11.0. The Labute approximate surface area is 105 Å². The molecule has 3 rings (SSSR count). The molecule has 1 saturated carbocycles. The fourth-order valence-electron chi connectivity index (χ4n) is 2.69. The minimum Gasteiger partial charge on any atom is -0.0890 e. The van der Waals surface area contributed by atoms with E-state index in [4.69, 9.17) is 0 Å². The molecule has 0 radical (unpaired) electrons. The highest BCUT2D eigenvalue weighted by Crippen LogP contribution is 2.38. The normalized spacial score (nSPS) is 25.1. The SMILES string of the molecule is BrC1CCC(c2ccc3ccccc3c2)C1. The second-order valence-electron chi connectivity index (χ2n) is 4.71. The number of rotatable bonds is 1. The molecule has 0 spiro atoms. The van der Waals surface area contributed by atoms with Gasteiger partial charge in [-0.2, -0.15) is 0 Å². The van der Waals surface area contributed by atoms with Gasteiger partial charge in [-0.25, -0.2) is 0 Å². The van der Waals surface area contributed by atoms with Crippen LogP contribution in [0.25, 0.3) is 10.8 Å². The minimum absolute atomic E-state index is 0.726. The van der Waals surface area contributed by atoms with E-state index < -0.39 is 0 Å². The average Bonchev–Trinajstić information content (AvgIpc) is 2.75. The molecule has 2 unspecified atom stereocenters. The van der Waals surface area contributed by atoms with Crippen LogP contribution in [0.1, 0.15) is 30.7 Å². The Morgan fingerprint density at radius 1 is 0.938 bits per heavy atom. The Morgan fingerprint density at radius 3 is 2.50 bits per heavy atom. The molecule has 0 aromatic heterocycles. The van der Waals surface area contributed by atoms with Crippen molar-refractivity contribution < 1.29 is 0 Å². The van der Waals surface area contributed by atoms with Crippen molar-refractivity contribution in [1.82, 2.24) is 0 Å². The van der Waals surface area contributed by atoms with Crippen molar-refractivity contribution in [3.05, 3.63) is 48.0 Å². The quantitative estimate of drug-likeness (QED) is 0.651. The summed E-state index contributed by atoms with van der Waals surface area (Å²) in [5, 5.41) is 2.72. The van der Waals surface area contributed by atoms with Crippen LogP contribution in [0.15, 0.2) is 42.5 Å². The van der Waals surface area contributed by atoms with Gasteiger partial charge in [-0.15, -0.1) is 0 Å². The summed E-state index contributed by atoms with van der Waals surface area (Å²) in [6, 6.07) is 15.5. The number of hydrogen-bond donors (Lipinski definition) is 0. The maximum atomic E-state index is 3.73. The molecule has 2 aromatic rings. The lowest BCUT2D eigenvalue weighted by atomic mass is 9.95. The first-order chi connectivity index (χ1) is 7.83. The molecule has 2 atom stereocenters. The zero-order valence-electron chi connectivity index (χ0n) is 9.20. The summed E-state index contributed by atoms with van der Waals surface area (Å²) in [5.41, 5.74) is 1.51. The highest BCUT2D eigenvalue weighted by atomic mass is 79.9. The lowest BCUT2D eigenvalue weighted by Crippen LogP contribution is -1.94. The second-order valence-corrected chi connectivity index (χ2v) is 6.01. The molecule has 0 heterocycles. The summed E-state index contributed by atoms with van der Waals surface area (Å²) in [5.74, 6) is 0.758. The molecule has 1 heteroatoms. The summed E-state index contributed by atoms with van der Waals surface area (Å²) >= 11 is 3.73. The molecule has 0 nitrogen and oxygen atoms in total. The standard InChI is InChI=1S/C15H15Br/c16-15-8-7-14(10-15)13-6-5-11-3-1-2-4-12(11)9-13/h1-6,9,14-15H,7-8,10H2. The summed E-state index contributed by atoms with van der Waals surface area (Å²) in [6.07, 6.45) is 3.93. The molecule has 0 bridgehead atoms. The first-order valence-electron chi connectivity index (χ1n) is 5.96. The van der Waals surface area contributed by atoms with Gasteiger partial charge in [0.1, 0.15) is 0 Å². The van der Waals surface area contributed by atoms with E-state index in [9.17, 15) is 0 Å². The monoisotopic (exact) mass is 274 g/mol. The van der Waals surface area contributed by atoms with Crippen molar-refractivity contribution in [2.45, 2.75) is 30.0 Å². The van der Waals surface area contributed by atoms with E-state index in [2.05, 4.69) is 58.4 Å². The molecule has 2 aromatic carbocycles. The predicted molar refractivity (Wildman–Crippen MR) is 73.3 cm³/mol. The van der Waals surface area contributed by atoms with Crippen LogP contribution >= 0.6 is 15.9 Å². The van der Waals surface area contributed by atoms with Gasteiger partial charge in [0, 0.05) is 4.83 Å². The van der Waals surface area contributed by atoms with Gasteiger partial charge >= 0.3 is 0 Å². The summed E-state index contributed by atoms with van der Waals surface area (Å²) in [6.45, 7) is 0. The first-order valence-corrected chi connectivity index (χ1v) is 6.87. The topological polar surface area (TPSA) is 0 Å². The molecule has 82 valence electrons. The lowest BCUT2D eigenvalue weighted by Gasteiger charge is -2.10. The molecule has 1 aliphatic rings. The number of alkyl halides is 1. The van der Waals surface area contributed by atoms with E-state index in [0.717, 1.165) is 10.7 Å². The van der Waals surface area contributed by atoms with Gasteiger partial charge in [0.2, 0.25) is 0 Å². The molecule has 16 heavy (non-hydrogen) atoms. The third-order valence-corrected chi connectivity index (χ3v) is 4.45. The Bertz CT molecular complexity index is 504. The number of benzene rings is 2. The van der Waals surface area contributed by atoms with Crippen molar-refractivity contribution >= 4 is 26.7 Å². The van der Waals surface area contributed by atoms with E-state index in [1.807, 2.05) is 0 Å². The third-order valence-electron chi connectivity index (χ3n) is 3.61. The molecular weight excluding hydrogens is 260 g/mol. The highest BCUT2D eigenvalue weighted by Gasteiger charge is 2.23. The van der Waals surface area contributed by atoms with Crippen LogP contribution < -0.4 is 0 Å². The van der Waals surface area contributed by atoms with Crippen molar-refractivity contribution in [3.8, 4) is 0 Å². The highest BCUT2D eigenvalue weighted by molar-refractivity contribution is 9.09. The van der Waals surface area contributed by atoms with Gasteiger partial charge in [0.25, 0.3) is 0 Å². The molecular formula is C15H15Br. The number of halogens is 1. The maximum Gasteiger partial charge on any atom is 0.0151 e. The Balaban J connectivity index is 1.99. The van der Waals surface area contributed by atoms with Crippen LogP contribution in [0.3, 0.4) is 0 Å². The van der Waals surface area contributed by atoms with Crippen molar-refractivity contribution in [2.24, 2.45) is 0 Å². The van der Waals surface area contributed by atoms with E-state index in [1.54, 1.807) is 0 Å². The fraction of sp³-hybridized carbons (Fsp3) is 0.333. The Morgan fingerprint density at radius 2 is 1.75 bits per heavy atom. The van der Waals surface area contributed by atoms with Gasteiger partial charge in [-0.3, -0.25) is 0 Å². The molecule has 0 N–H and O–H groups in total. The van der Waals surface area contributed by atoms with Crippen LogP contribution in [0.4, 0.5) is 0 Å². The summed E-state index contributed by atoms with van der Waals surface area (Å²) < 4.78 is 0. The number of hydrogen-bond acceptors (Lipinski definition) is 0. The molecule has 0 aliphatic heterocycles. The van der Waals surface area contributed by atoms with E-state index in [-0.39, 0.29) is 0 Å². The zero-order valence-corrected chi connectivity index (χ0v) is 10.8. The van der Waals surface area contributed by atoms with Crippen LogP contribution in [-0.4, -0.2) is 4.83 Å². The Hall–Kier alpha value is -0.820. The van der Waals surface area contributed by atoms with E-state index >= 15 is 0 Å². The van der Waals surface area contributed by atoms with E-state index in [0.29, 0.717) is 0 Å². The number of fused-ring (bicyclic) bond motifs is 1. The Kier molecular flexibility index (Phi) is 2.72. The van der Waals surface area contributed by atoms with Gasteiger partial charge in [-0.05, 0) is 41.5 Å². The summed E-state index contributed by atoms with van der Waals surface area (Å²) in [4.78, 5) is 0.726. The molecule has 1 aliphatic carbocycles. The summed E-state index contributed by atoms with van der Waals surface area (Å²) in [7, 11) is 0. The average molecular weight is 275 g/mol. The van der Waals surface area contributed by atoms with Gasteiger partial charge in [0.15, 0.2) is 0 Å². The van der Waals surface area contributed by atoms with Crippen LogP contribution in [-0.2, 0) is 0 Å². The second kappa shape index (κ2) is 4.21. The third kappa shape index (κ3) is 1.89.